The molecule has 3 rings (SSSR count). The van der Waals surface area contributed by atoms with Crippen molar-refractivity contribution in [2.45, 2.75) is 45.1 Å². The number of nitrogens with zero attached hydrogens (tertiary/aromatic N) is 1. The van der Waals surface area contributed by atoms with Gasteiger partial charge in [0, 0.05) is 24.9 Å². The maximum absolute atomic E-state index is 12.7. The van der Waals surface area contributed by atoms with Crippen molar-refractivity contribution < 1.29 is 23.9 Å². The summed E-state index contributed by atoms with van der Waals surface area (Å²) in [5, 5.41) is 11.7. The zero-order valence-corrected chi connectivity index (χ0v) is 14.2. The van der Waals surface area contributed by atoms with Crippen molar-refractivity contribution in [2.75, 3.05) is 13.1 Å². The number of carboxylic acids is 1. The first-order valence-electron chi connectivity index (χ1n) is 8.95. The van der Waals surface area contributed by atoms with E-state index < -0.39 is 5.97 Å². The summed E-state index contributed by atoms with van der Waals surface area (Å²) in [6, 6.07) is 2.90. The highest BCUT2D eigenvalue weighted by Gasteiger charge is 2.38. The van der Waals surface area contributed by atoms with Crippen LogP contribution in [0.4, 0.5) is 0 Å². The first-order chi connectivity index (χ1) is 12.1. The zero-order valence-electron chi connectivity index (χ0n) is 14.2. The monoisotopic (exact) mass is 348 g/mol. The number of likely N-dealkylation sites (tertiary alicyclic amines) is 1. The van der Waals surface area contributed by atoms with Gasteiger partial charge in [-0.2, -0.15) is 0 Å². The lowest BCUT2D eigenvalue weighted by Gasteiger charge is -2.32. The maximum Gasteiger partial charge on any atom is 0.371 e. The van der Waals surface area contributed by atoms with E-state index in [0.717, 1.165) is 45.2 Å². The van der Waals surface area contributed by atoms with Gasteiger partial charge in [-0.05, 0) is 37.8 Å². The van der Waals surface area contributed by atoms with Crippen LogP contribution in [0.1, 0.15) is 54.8 Å². The van der Waals surface area contributed by atoms with Crippen LogP contribution in [0.5, 0.6) is 0 Å². The number of rotatable bonds is 5. The molecule has 1 saturated carbocycles. The largest absolute Gasteiger partial charge is 0.475 e. The number of furan rings is 1. The fraction of sp³-hybridized carbons (Fsp3) is 0.611. The number of carbonyl (C=O) groups is 3. The van der Waals surface area contributed by atoms with Crippen LogP contribution in [-0.2, 0) is 16.1 Å². The molecule has 1 aliphatic heterocycles. The van der Waals surface area contributed by atoms with E-state index in [0.29, 0.717) is 12.2 Å². The first-order valence-corrected chi connectivity index (χ1v) is 8.95. The van der Waals surface area contributed by atoms with Crippen molar-refractivity contribution >= 4 is 17.8 Å². The average Bonchev–Trinajstić information content (AvgIpc) is 3.30. The number of carbonyl (C=O) groups excluding carboxylic acids is 2. The van der Waals surface area contributed by atoms with Crippen LogP contribution in [0, 0.1) is 11.8 Å². The lowest BCUT2D eigenvalue weighted by molar-refractivity contribution is -0.143. The molecule has 136 valence electrons. The second-order valence-electron chi connectivity index (χ2n) is 6.82. The summed E-state index contributed by atoms with van der Waals surface area (Å²) in [5.41, 5.74) is 0. The van der Waals surface area contributed by atoms with Crippen LogP contribution in [0.25, 0.3) is 0 Å². The second-order valence-corrected chi connectivity index (χ2v) is 6.82. The fourth-order valence-electron chi connectivity index (χ4n) is 3.81. The van der Waals surface area contributed by atoms with Crippen LogP contribution in [0.3, 0.4) is 0 Å². The summed E-state index contributed by atoms with van der Waals surface area (Å²) in [4.78, 5) is 38.0. The normalized spacial score (nSPS) is 23.4. The van der Waals surface area contributed by atoms with E-state index in [1.165, 1.54) is 12.1 Å². The van der Waals surface area contributed by atoms with Crippen LogP contribution in [-0.4, -0.2) is 40.9 Å². The van der Waals surface area contributed by atoms with E-state index >= 15 is 0 Å². The molecule has 2 N–H and O–H groups in total. The number of hydrogen-bond donors (Lipinski definition) is 2. The van der Waals surface area contributed by atoms with Crippen LogP contribution >= 0.6 is 0 Å². The molecule has 1 aromatic heterocycles. The van der Waals surface area contributed by atoms with Crippen molar-refractivity contribution in [1.29, 1.82) is 0 Å². The molecule has 0 bridgehead atoms. The molecule has 2 aliphatic rings. The smallest absolute Gasteiger partial charge is 0.371 e. The fourth-order valence-corrected chi connectivity index (χ4v) is 3.81. The molecular weight excluding hydrogens is 324 g/mol. The molecule has 1 aromatic rings. The Morgan fingerprint density at radius 1 is 1.08 bits per heavy atom. The first kappa shape index (κ1) is 17.5. The van der Waals surface area contributed by atoms with Gasteiger partial charge in [-0.3, -0.25) is 9.59 Å². The minimum atomic E-state index is -1.14. The Balaban J connectivity index is 1.59. The topological polar surface area (TPSA) is 99.8 Å². The minimum absolute atomic E-state index is 0.114. The molecule has 2 amide bonds. The Bertz CT molecular complexity index is 648. The Morgan fingerprint density at radius 2 is 1.76 bits per heavy atom. The molecule has 1 saturated heterocycles. The van der Waals surface area contributed by atoms with E-state index in [4.69, 9.17) is 9.52 Å². The second kappa shape index (κ2) is 7.72. The Labute approximate surface area is 146 Å². The molecule has 2 heterocycles. The highest BCUT2D eigenvalue weighted by Crippen LogP contribution is 2.32. The highest BCUT2D eigenvalue weighted by molar-refractivity contribution is 5.88. The maximum atomic E-state index is 12.7. The quantitative estimate of drug-likeness (QED) is 0.848. The third-order valence-corrected chi connectivity index (χ3v) is 5.15. The summed E-state index contributed by atoms with van der Waals surface area (Å²) in [6.45, 7) is 1.73. The SMILES string of the molecule is O=C(O)c1ccc(CNC(=O)C2CCCCC2C(=O)N2CCCC2)o1. The van der Waals surface area contributed by atoms with E-state index in [1.54, 1.807) is 0 Å². The van der Waals surface area contributed by atoms with E-state index in [2.05, 4.69) is 5.32 Å². The van der Waals surface area contributed by atoms with E-state index in [9.17, 15) is 14.4 Å². The van der Waals surface area contributed by atoms with Gasteiger partial charge in [0.2, 0.25) is 17.6 Å². The van der Waals surface area contributed by atoms with Gasteiger partial charge < -0.3 is 19.7 Å². The molecule has 1 aliphatic carbocycles. The molecule has 7 nitrogen and oxygen atoms in total. The average molecular weight is 348 g/mol. The van der Waals surface area contributed by atoms with E-state index in [-0.39, 0.29) is 36.0 Å². The Morgan fingerprint density at radius 3 is 2.40 bits per heavy atom. The summed E-state index contributed by atoms with van der Waals surface area (Å²) in [7, 11) is 0. The molecule has 0 radical (unpaired) electrons. The standard InChI is InChI=1S/C18H24N2O5/c21-16(19-11-12-7-8-15(25-12)18(23)24)13-5-1-2-6-14(13)17(22)20-9-3-4-10-20/h7-8,13-14H,1-6,9-11H2,(H,19,21)(H,23,24). The molecule has 2 fully saturated rings. The zero-order chi connectivity index (χ0) is 17.8. The van der Waals surface area contributed by atoms with E-state index in [1.807, 2.05) is 4.90 Å². The summed E-state index contributed by atoms with van der Waals surface area (Å²) in [6.07, 6.45) is 5.49. The van der Waals surface area contributed by atoms with Gasteiger partial charge in [0.05, 0.1) is 6.54 Å². The molecular formula is C18H24N2O5. The summed E-state index contributed by atoms with van der Waals surface area (Å²) >= 11 is 0. The third kappa shape index (κ3) is 4.03. The number of carboxylic acid groups (broad SMARTS) is 1. The number of hydrogen-bond acceptors (Lipinski definition) is 4. The highest BCUT2D eigenvalue weighted by atomic mass is 16.4. The van der Waals surface area contributed by atoms with Crippen LogP contribution < -0.4 is 5.32 Å². The van der Waals surface area contributed by atoms with Crippen LogP contribution in [0.2, 0.25) is 0 Å². The van der Waals surface area contributed by atoms with Gasteiger partial charge >= 0.3 is 5.97 Å². The summed E-state index contributed by atoms with van der Waals surface area (Å²) in [5.74, 6) is -1.48. The summed E-state index contributed by atoms with van der Waals surface area (Å²) < 4.78 is 5.15. The number of aromatic carboxylic acids is 1. The predicted molar refractivity (Wildman–Crippen MR) is 88.8 cm³/mol. The molecule has 7 heteroatoms. The van der Waals surface area contributed by atoms with Crippen molar-refractivity contribution in [3.63, 3.8) is 0 Å². The van der Waals surface area contributed by atoms with Gasteiger partial charge in [-0.25, -0.2) is 4.79 Å². The molecule has 2 atom stereocenters. The molecule has 0 aromatic carbocycles. The molecule has 0 spiro atoms. The molecule has 2 unspecified atom stereocenters. The van der Waals surface area contributed by atoms with Crippen molar-refractivity contribution in [3.8, 4) is 0 Å². The van der Waals surface area contributed by atoms with Crippen molar-refractivity contribution in [3.05, 3.63) is 23.7 Å². The number of amides is 2. The van der Waals surface area contributed by atoms with Gasteiger partial charge in [0.1, 0.15) is 5.76 Å². The predicted octanol–water partition coefficient (Wildman–Crippen LogP) is 2.02. The Kier molecular flexibility index (Phi) is 5.40. The lowest BCUT2D eigenvalue weighted by atomic mass is 9.78. The van der Waals surface area contributed by atoms with Gasteiger partial charge in [0.25, 0.3) is 0 Å². The van der Waals surface area contributed by atoms with Crippen molar-refractivity contribution in [1.82, 2.24) is 10.2 Å². The van der Waals surface area contributed by atoms with Gasteiger partial charge in [-0.1, -0.05) is 12.8 Å². The Hall–Kier alpha value is -2.31. The van der Waals surface area contributed by atoms with Crippen molar-refractivity contribution in [2.24, 2.45) is 11.8 Å². The lowest BCUT2D eigenvalue weighted by Crippen LogP contribution is -2.44. The van der Waals surface area contributed by atoms with Gasteiger partial charge in [-0.15, -0.1) is 0 Å². The van der Waals surface area contributed by atoms with Crippen LogP contribution in [0.15, 0.2) is 16.5 Å². The number of nitrogens with one attached hydrogen (secondary N) is 1. The van der Waals surface area contributed by atoms with Gasteiger partial charge in [0.15, 0.2) is 0 Å². The third-order valence-electron chi connectivity index (χ3n) is 5.15. The molecule has 25 heavy (non-hydrogen) atoms. The minimum Gasteiger partial charge on any atom is -0.475 e.